The van der Waals surface area contributed by atoms with Crippen LogP contribution in [0.15, 0.2) is 18.3 Å². The average molecular weight is 170 g/mol. The van der Waals surface area contributed by atoms with E-state index in [9.17, 15) is 4.79 Å². The lowest BCUT2D eigenvalue weighted by Gasteiger charge is -2.00. The Hall–Kier alpha value is -1.23. The zero-order chi connectivity index (χ0) is 8.27. The van der Waals surface area contributed by atoms with E-state index in [1.165, 1.54) is 12.3 Å². The number of nitrogens with one attached hydrogen (secondary N) is 1. The lowest BCUT2D eigenvalue weighted by Crippen LogP contribution is -2.02. The number of rotatable bonds is 1. The molecule has 0 saturated heterocycles. The van der Waals surface area contributed by atoms with Crippen LogP contribution in [-0.2, 0) is 0 Å². The standard InChI is InChI=1S/C6H6N2O2S/c9-4-2-1-3-7-5(4)8-6(10)11/h1-3,9H,(H2,7,8,10,11). The Kier molecular flexibility index (Phi) is 2.32. The third kappa shape index (κ3) is 2.12. The minimum atomic E-state index is -0.556. The maximum Gasteiger partial charge on any atom is 0.281 e. The number of thiol groups is 1. The first-order valence-electron chi connectivity index (χ1n) is 2.84. The van der Waals surface area contributed by atoms with Crippen molar-refractivity contribution in [3.63, 3.8) is 0 Å². The Labute approximate surface area is 68.7 Å². The molecule has 0 unspecified atom stereocenters. The highest BCUT2D eigenvalue weighted by Crippen LogP contribution is 2.18. The average Bonchev–Trinajstić information content (AvgIpc) is 1.93. The van der Waals surface area contributed by atoms with Crippen molar-refractivity contribution in [1.29, 1.82) is 0 Å². The van der Waals surface area contributed by atoms with Gasteiger partial charge in [-0.05, 0) is 12.1 Å². The fraction of sp³-hybridized carbons (Fsp3) is 0. The molecule has 2 N–H and O–H groups in total. The van der Waals surface area contributed by atoms with Gasteiger partial charge in [0, 0.05) is 6.20 Å². The number of nitrogens with zero attached hydrogens (tertiary/aromatic N) is 1. The Morgan fingerprint density at radius 1 is 1.73 bits per heavy atom. The first-order valence-corrected chi connectivity index (χ1v) is 3.29. The minimum absolute atomic E-state index is 0.0742. The molecule has 0 aliphatic rings. The molecule has 0 aliphatic heterocycles. The van der Waals surface area contributed by atoms with E-state index in [0.29, 0.717) is 0 Å². The molecule has 1 amide bonds. The monoisotopic (exact) mass is 170 g/mol. The summed E-state index contributed by atoms with van der Waals surface area (Å²) in [4.78, 5) is 14.1. The normalized spacial score (nSPS) is 9.18. The fourth-order valence-corrected chi connectivity index (χ4v) is 0.700. The molecular formula is C6H6N2O2S. The van der Waals surface area contributed by atoms with Crippen molar-refractivity contribution in [2.75, 3.05) is 5.32 Å². The molecular weight excluding hydrogens is 164 g/mol. The number of aromatic nitrogens is 1. The fourth-order valence-electron chi connectivity index (χ4n) is 0.594. The van der Waals surface area contributed by atoms with E-state index in [2.05, 4.69) is 22.9 Å². The molecule has 11 heavy (non-hydrogen) atoms. The highest BCUT2D eigenvalue weighted by molar-refractivity contribution is 7.96. The summed E-state index contributed by atoms with van der Waals surface area (Å²) in [5.74, 6) is 0.0439. The molecule has 1 aromatic heterocycles. The van der Waals surface area contributed by atoms with Crippen molar-refractivity contribution >= 4 is 23.7 Å². The number of amides is 1. The van der Waals surface area contributed by atoms with Gasteiger partial charge >= 0.3 is 0 Å². The molecule has 0 bridgehead atoms. The highest BCUT2D eigenvalue weighted by atomic mass is 32.1. The summed E-state index contributed by atoms with van der Waals surface area (Å²) in [5.41, 5.74) is 0. The predicted molar refractivity (Wildman–Crippen MR) is 43.9 cm³/mol. The SMILES string of the molecule is O=C(S)Nc1ncccc1O. The number of hydrogen-bond donors (Lipinski definition) is 3. The summed E-state index contributed by atoms with van der Waals surface area (Å²) in [6.45, 7) is 0. The molecule has 0 atom stereocenters. The van der Waals surface area contributed by atoms with Gasteiger partial charge < -0.3 is 5.11 Å². The van der Waals surface area contributed by atoms with Crippen molar-refractivity contribution in [3.05, 3.63) is 18.3 Å². The van der Waals surface area contributed by atoms with Gasteiger partial charge in [-0.1, -0.05) is 12.6 Å². The lowest BCUT2D eigenvalue weighted by atomic mass is 10.4. The minimum Gasteiger partial charge on any atom is -0.504 e. The number of aromatic hydroxyl groups is 1. The van der Waals surface area contributed by atoms with Crippen LogP contribution < -0.4 is 5.32 Å². The molecule has 1 rings (SSSR count). The van der Waals surface area contributed by atoms with Crippen molar-refractivity contribution in [3.8, 4) is 5.75 Å². The van der Waals surface area contributed by atoms with E-state index in [1.807, 2.05) is 0 Å². The molecule has 1 heterocycles. The Morgan fingerprint density at radius 2 is 2.45 bits per heavy atom. The predicted octanol–water partition coefficient (Wildman–Crippen LogP) is 1.25. The first-order chi connectivity index (χ1) is 5.20. The molecule has 0 fully saturated rings. The third-order valence-electron chi connectivity index (χ3n) is 1.01. The number of pyridine rings is 1. The van der Waals surface area contributed by atoms with Gasteiger partial charge in [-0.25, -0.2) is 4.98 Å². The summed E-state index contributed by atoms with van der Waals surface area (Å²) < 4.78 is 0. The molecule has 0 aromatic carbocycles. The molecule has 0 spiro atoms. The first kappa shape index (κ1) is 7.87. The number of carbonyl (C=O) groups excluding carboxylic acids is 1. The second-order valence-corrected chi connectivity index (χ2v) is 2.21. The van der Waals surface area contributed by atoms with E-state index in [4.69, 9.17) is 5.11 Å². The summed E-state index contributed by atoms with van der Waals surface area (Å²) >= 11 is 3.46. The summed E-state index contributed by atoms with van der Waals surface area (Å²) in [5, 5.41) is 10.7. The van der Waals surface area contributed by atoms with E-state index in [0.717, 1.165) is 0 Å². The van der Waals surface area contributed by atoms with Gasteiger partial charge in [-0.2, -0.15) is 0 Å². The van der Waals surface area contributed by atoms with E-state index in [1.54, 1.807) is 6.07 Å². The van der Waals surface area contributed by atoms with Crippen LogP contribution in [0.5, 0.6) is 5.75 Å². The zero-order valence-corrected chi connectivity index (χ0v) is 6.38. The van der Waals surface area contributed by atoms with Crippen molar-refractivity contribution < 1.29 is 9.90 Å². The maximum atomic E-state index is 10.4. The maximum absolute atomic E-state index is 10.4. The van der Waals surface area contributed by atoms with Crippen molar-refractivity contribution in [2.24, 2.45) is 0 Å². The van der Waals surface area contributed by atoms with E-state index < -0.39 is 5.24 Å². The van der Waals surface area contributed by atoms with Crippen LogP contribution in [0.4, 0.5) is 10.6 Å². The topological polar surface area (TPSA) is 62.2 Å². The van der Waals surface area contributed by atoms with Crippen LogP contribution in [0.3, 0.4) is 0 Å². The van der Waals surface area contributed by atoms with Crippen LogP contribution in [0.25, 0.3) is 0 Å². The Bertz CT molecular complexity index is 277. The lowest BCUT2D eigenvalue weighted by molar-refractivity contribution is 0.270. The van der Waals surface area contributed by atoms with Crippen LogP contribution in [0.2, 0.25) is 0 Å². The Balaban J connectivity index is 2.86. The number of hydrogen-bond acceptors (Lipinski definition) is 3. The second kappa shape index (κ2) is 3.25. The smallest absolute Gasteiger partial charge is 0.281 e. The quantitative estimate of drug-likeness (QED) is 0.556. The van der Waals surface area contributed by atoms with Crippen LogP contribution in [0.1, 0.15) is 0 Å². The Morgan fingerprint density at radius 3 is 3.00 bits per heavy atom. The van der Waals surface area contributed by atoms with Gasteiger partial charge in [0.15, 0.2) is 11.6 Å². The second-order valence-electron chi connectivity index (χ2n) is 1.80. The van der Waals surface area contributed by atoms with Crippen LogP contribution >= 0.6 is 12.6 Å². The van der Waals surface area contributed by atoms with Crippen LogP contribution in [-0.4, -0.2) is 15.3 Å². The summed E-state index contributed by atoms with van der Waals surface area (Å²) in [6, 6.07) is 2.98. The molecule has 4 nitrogen and oxygen atoms in total. The number of carbonyl (C=O) groups is 1. The molecule has 58 valence electrons. The van der Waals surface area contributed by atoms with Gasteiger partial charge in [0.2, 0.25) is 0 Å². The molecule has 1 aromatic rings. The van der Waals surface area contributed by atoms with Gasteiger partial charge in [0.1, 0.15) is 0 Å². The number of anilines is 1. The highest BCUT2D eigenvalue weighted by Gasteiger charge is 2.01. The van der Waals surface area contributed by atoms with E-state index >= 15 is 0 Å². The molecule has 0 aliphatic carbocycles. The van der Waals surface area contributed by atoms with Gasteiger partial charge in [-0.15, -0.1) is 0 Å². The zero-order valence-electron chi connectivity index (χ0n) is 5.48. The van der Waals surface area contributed by atoms with Gasteiger partial charge in [0.25, 0.3) is 5.24 Å². The van der Waals surface area contributed by atoms with Crippen molar-refractivity contribution in [2.45, 2.75) is 0 Å². The molecule has 0 saturated carbocycles. The third-order valence-corrected chi connectivity index (χ3v) is 1.12. The van der Waals surface area contributed by atoms with Gasteiger partial charge in [-0.3, -0.25) is 10.1 Å². The van der Waals surface area contributed by atoms with E-state index in [-0.39, 0.29) is 11.6 Å². The van der Waals surface area contributed by atoms with Crippen LogP contribution in [0, 0.1) is 0 Å². The molecule has 5 heteroatoms. The largest absolute Gasteiger partial charge is 0.504 e. The summed E-state index contributed by atoms with van der Waals surface area (Å²) in [7, 11) is 0. The van der Waals surface area contributed by atoms with Crippen molar-refractivity contribution in [1.82, 2.24) is 4.98 Å². The molecule has 0 radical (unpaired) electrons. The summed E-state index contributed by atoms with van der Waals surface area (Å²) in [6.07, 6.45) is 1.46. The van der Waals surface area contributed by atoms with Gasteiger partial charge in [0.05, 0.1) is 0 Å².